The van der Waals surface area contributed by atoms with Gasteiger partial charge in [-0.25, -0.2) is 6.29 Å². The van der Waals surface area contributed by atoms with Gasteiger partial charge in [0.1, 0.15) is 0 Å². The first-order valence-electron chi connectivity index (χ1n) is 1.02. The van der Waals surface area contributed by atoms with Crippen molar-refractivity contribution >= 4 is 41.1 Å². The summed E-state index contributed by atoms with van der Waals surface area (Å²) in [5.74, 6) is 0. The van der Waals surface area contributed by atoms with Crippen molar-refractivity contribution in [3.05, 3.63) is 0 Å². The van der Waals surface area contributed by atoms with Crippen LogP contribution in [0.1, 0.15) is 0 Å². The minimum atomic E-state index is -1.85. The Labute approximate surface area is 81.6 Å². The Morgan fingerprint density at radius 2 is 1.43 bits per heavy atom. The van der Waals surface area contributed by atoms with E-state index in [1.807, 2.05) is 0 Å². The zero-order valence-corrected chi connectivity index (χ0v) is 8.23. The molecule has 0 saturated heterocycles. The van der Waals surface area contributed by atoms with Crippen LogP contribution in [-0.2, 0) is 37.5 Å². The third kappa shape index (κ3) is 11.3. The monoisotopic (exact) mass is 234 g/mol. The predicted molar refractivity (Wildman–Crippen MR) is 26.0 cm³/mol. The Bertz CT molecular complexity index is 58.4. The first-order valence-corrected chi connectivity index (χ1v) is 2.15. The molecular formula is C2Cl3OY-. The molecule has 1 nitrogen and oxygen atoms in total. The van der Waals surface area contributed by atoms with Crippen LogP contribution < -0.4 is 0 Å². The summed E-state index contributed by atoms with van der Waals surface area (Å²) in [6, 6.07) is 0. The van der Waals surface area contributed by atoms with Crippen molar-refractivity contribution < 1.29 is 37.5 Å². The second-order valence-corrected chi connectivity index (χ2v) is 2.88. The van der Waals surface area contributed by atoms with E-state index >= 15 is 0 Å². The van der Waals surface area contributed by atoms with Gasteiger partial charge in [-0.2, -0.15) is 0 Å². The molecule has 0 aromatic rings. The normalized spacial score (nSPS) is 9.57. The molecule has 7 heavy (non-hydrogen) atoms. The summed E-state index contributed by atoms with van der Waals surface area (Å²) in [4.78, 5) is 9.31. The molecule has 0 amide bonds. The second kappa shape index (κ2) is 4.52. The molecule has 0 spiro atoms. The standard InChI is InChI=1S/C2Cl3O.Y/c3-2(4,5)1-6;/q-1;. The first kappa shape index (κ1) is 11.4. The molecule has 5 heteroatoms. The Kier molecular flexibility index (Phi) is 7.38. The Morgan fingerprint density at radius 3 is 1.43 bits per heavy atom. The average molecular weight is 235 g/mol. The molecule has 0 aromatic carbocycles. The number of carbonyl (C=O) groups excluding carboxylic acids is 1. The minimum Gasteiger partial charge on any atom is -0.538 e. The van der Waals surface area contributed by atoms with E-state index in [0.29, 0.717) is 0 Å². The van der Waals surface area contributed by atoms with Gasteiger partial charge in [-0.15, -0.1) is 34.8 Å². The van der Waals surface area contributed by atoms with Crippen LogP contribution in [0.4, 0.5) is 0 Å². The summed E-state index contributed by atoms with van der Waals surface area (Å²) >= 11 is 14.5. The van der Waals surface area contributed by atoms with Gasteiger partial charge >= 0.3 is 0 Å². The van der Waals surface area contributed by atoms with Gasteiger partial charge in [0.05, 0.1) is 3.79 Å². The Hall–Kier alpha value is 1.64. The topological polar surface area (TPSA) is 17.1 Å². The number of hydrogen-bond donors (Lipinski definition) is 0. The quantitative estimate of drug-likeness (QED) is 0.459. The fourth-order valence-corrected chi connectivity index (χ4v) is 0. The summed E-state index contributed by atoms with van der Waals surface area (Å²) in [6.07, 6.45) is 1.15. The molecule has 0 saturated carbocycles. The van der Waals surface area contributed by atoms with E-state index < -0.39 is 3.79 Å². The molecule has 0 bridgehead atoms. The Balaban J connectivity index is 0. The van der Waals surface area contributed by atoms with Crippen molar-refractivity contribution in [3.8, 4) is 0 Å². The Morgan fingerprint density at radius 1 is 1.29 bits per heavy atom. The molecule has 39 valence electrons. The van der Waals surface area contributed by atoms with Crippen LogP contribution in [0.2, 0.25) is 0 Å². The molecule has 0 unspecified atom stereocenters. The summed E-state index contributed by atoms with van der Waals surface area (Å²) in [6.45, 7) is 0. The predicted octanol–water partition coefficient (Wildman–Crippen LogP) is 1.46. The van der Waals surface area contributed by atoms with Gasteiger partial charge in [0.2, 0.25) is 0 Å². The smallest absolute Gasteiger partial charge is 0.0999 e. The summed E-state index contributed by atoms with van der Waals surface area (Å²) in [5, 5.41) is 0. The second-order valence-electron chi connectivity index (χ2n) is 0.600. The van der Waals surface area contributed by atoms with E-state index in [9.17, 15) is 4.79 Å². The van der Waals surface area contributed by atoms with Crippen LogP contribution >= 0.6 is 34.8 Å². The average Bonchev–Trinajstić information content (AvgIpc) is 1.35. The number of hydrogen-bond acceptors (Lipinski definition) is 1. The van der Waals surface area contributed by atoms with Crippen LogP contribution in [0.25, 0.3) is 0 Å². The largest absolute Gasteiger partial charge is 0.538 e. The summed E-state index contributed by atoms with van der Waals surface area (Å²) in [7, 11) is 0. The van der Waals surface area contributed by atoms with E-state index in [2.05, 4.69) is 0 Å². The summed E-state index contributed by atoms with van der Waals surface area (Å²) in [5.41, 5.74) is 0. The van der Waals surface area contributed by atoms with Crippen molar-refractivity contribution in [2.45, 2.75) is 3.79 Å². The van der Waals surface area contributed by atoms with Gasteiger partial charge in [-0.3, -0.25) is 0 Å². The number of alkyl halides is 3. The first-order chi connectivity index (χ1) is 2.56. The fraction of sp³-hybridized carbons (Fsp3) is 0.500. The number of halogens is 3. The van der Waals surface area contributed by atoms with E-state index in [1.165, 1.54) is 0 Å². The van der Waals surface area contributed by atoms with Gasteiger partial charge in [0, 0.05) is 32.7 Å². The van der Waals surface area contributed by atoms with Crippen LogP contribution in [0.3, 0.4) is 0 Å². The molecule has 0 rings (SSSR count). The molecule has 0 N–H and O–H groups in total. The fourth-order valence-electron chi connectivity index (χ4n) is 0. The van der Waals surface area contributed by atoms with Crippen molar-refractivity contribution in [2.75, 3.05) is 0 Å². The van der Waals surface area contributed by atoms with Gasteiger partial charge in [-0.1, -0.05) is 0 Å². The third-order valence-electron chi connectivity index (χ3n) is 0.116. The molecule has 0 aliphatic heterocycles. The molecule has 0 atom stereocenters. The van der Waals surface area contributed by atoms with Crippen molar-refractivity contribution in [2.24, 2.45) is 0 Å². The van der Waals surface area contributed by atoms with Crippen molar-refractivity contribution in [1.29, 1.82) is 0 Å². The van der Waals surface area contributed by atoms with Crippen LogP contribution in [0, 0.1) is 0 Å². The van der Waals surface area contributed by atoms with Crippen molar-refractivity contribution in [1.82, 2.24) is 0 Å². The van der Waals surface area contributed by atoms with E-state index in [4.69, 9.17) is 34.8 Å². The maximum atomic E-state index is 9.31. The van der Waals surface area contributed by atoms with Gasteiger partial charge in [0.25, 0.3) is 0 Å². The molecule has 0 aromatic heterocycles. The maximum Gasteiger partial charge on any atom is 0.0999 e. The maximum absolute atomic E-state index is 9.31. The van der Waals surface area contributed by atoms with Gasteiger partial charge in [-0.05, 0) is 0 Å². The molecule has 0 heterocycles. The van der Waals surface area contributed by atoms with E-state index in [0.717, 1.165) is 6.29 Å². The molecular weight excluding hydrogens is 235 g/mol. The van der Waals surface area contributed by atoms with Gasteiger partial charge in [0.15, 0.2) is 0 Å². The molecule has 0 aliphatic carbocycles. The molecule has 0 fully saturated rings. The van der Waals surface area contributed by atoms with E-state index in [1.54, 1.807) is 0 Å². The van der Waals surface area contributed by atoms with Gasteiger partial charge < -0.3 is 4.79 Å². The van der Waals surface area contributed by atoms with Crippen molar-refractivity contribution in [3.63, 3.8) is 0 Å². The van der Waals surface area contributed by atoms with Crippen LogP contribution in [0.15, 0.2) is 0 Å². The summed E-state index contributed by atoms with van der Waals surface area (Å²) < 4.78 is -1.85. The van der Waals surface area contributed by atoms with E-state index in [-0.39, 0.29) is 32.7 Å². The zero-order chi connectivity index (χ0) is 5.21. The van der Waals surface area contributed by atoms with Crippen LogP contribution in [-0.4, -0.2) is 10.1 Å². The SMILES string of the molecule is O=[C-]C(Cl)(Cl)Cl.[Y]. The zero-order valence-electron chi connectivity index (χ0n) is 3.12. The minimum absolute atomic E-state index is 0. The third-order valence-corrected chi connectivity index (χ3v) is 0.347. The number of rotatable bonds is 0. The molecule has 0 aliphatic rings. The van der Waals surface area contributed by atoms with Crippen LogP contribution in [0.5, 0.6) is 0 Å². The molecule has 1 radical (unpaired) electrons.